The van der Waals surface area contributed by atoms with Gasteiger partial charge < -0.3 is 15.7 Å². The summed E-state index contributed by atoms with van der Waals surface area (Å²) in [5.41, 5.74) is 1.69. The average molecular weight is 280 g/mol. The molecule has 2 rings (SSSR count). The van der Waals surface area contributed by atoms with E-state index in [0.29, 0.717) is 6.54 Å². The number of amides is 1. The van der Waals surface area contributed by atoms with Gasteiger partial charge in [0.2, 0.25) is 5.91 Å². The monoisotopic (exact) mass is 280 g/mol. The van der Waals surface area contributed by atoms with Crippen molar-refractivity contribution in [3.63, 3.8) is 0 Å². The average Bonchev–Trinajstić information content (AvgIpc) is 2.34. The van der Waals surface area contributed by atoms with Gasteiger partial charge in [-0.05, 0) is 30.8 Å². The maximum absolute atomic E-state index is 12.1. The van der Waals surface area contributed by atoms with Crippen molar-refractivity contribution in [2.75, 3.05) is 19.6 Å². The highest BCUT2D eigenvalue weighted by molar-refractivity contribution is 5.94. The predicted molar refractivity (Wildman–Crippen MR) is 76.4 cm³/mol. The molecule has 0 bridgehead atoms. The van der Waals surface area contributed by atoms with Crippen molar-refractivity contribution in [1.82, 2.24) is 10.6 Å². The Morgan fingerprint density at radius 2 is 1.90 bits per heavy atom. The summed E-state index contributed by atoms with van der Waals surface area (Å²) < 4.78 is 0. The van der Waals surface area contributed by atoms with Gasteiger partial charge in [-0.15, -0.1) is 0 Å². The van der Waals surface area contributed by atoms with Gasteiger partial charge in [0.05, 0.1) is 6.42 Å². The molecule has 1 aliphatic heterocycles. The molecule has 1 aliphatic carbocycles. The minimum absolute atomic E-state index is 0.0446. The summed E-state index contributed by atoms with van der Waals surface area (Å²) in [6, 6.07) is 0. The summed E-state index contributed by atoms with van der Waals surface area (Å²) in [7, 11) is 0. The van der Waals surface area contributed by atoms with Crippen molar-refractivity contribution >= 4 is 11.9 Å². The van der Waals surface area contributed by atoms with Gasteiger partial charge in [0.15, 0.2) is 0 Å². The molecule has 2 aliphatic rings. The Kier molecular flexibility index (Phi) is 4.81. The fourth-order valence-corrected chi connectivity index (χ4v) is 3.11. The molecule has 3 N–H and O–H groups in total. The largest absolute Gasteiger partial charge is 0.481 e. The van der Waals surface area contributed by atoms with Crippen molar-refractivity contribution < 1.29 is 14.7 Å². The second-order valence-corrected chi connectivity index (χ2v) is 6.15. The molecule has 0 atom stereocenters. The van der Waals surface area contributed by atoms with E-state index in [1.165, 1.54) is 6.42 Å². The number of nitrogens with one attached hydrogen (secondary N) is 2. The Hall–Kier alpha value is -1.36. The molecule has 1 saturated carbocycles. The zero-order valence-corrected chi connectivity index (χ0v) is 12.1. The molecule has 0 unspecified atom stereocenters. The lowest BCUT2D eigenvalue weighted by molar-refractivity contribution is -0.140. The minimum Gasteiger partial charge on any atom is -0.481 e. The first kappa shape index (κ1) is 15.0. The Labute approximate surface area is 119 Å². The summed E-state index contributed by atoms with van der Waals surface area (Å²) in [5.74, 6) is -0.809. The SMILES string of the molecule is CC(C(=O)NCC1(CC(=O)O)CCCCC1)=C1CNC1. The number of carbonyl (C=O) groups excluding carboxylic acids is 1. The van der Waals surface area contributed by atoms with Crippen LogP contribution >= 0.6 is 0 Å². The maximum atomic E-state index is 12.1. The minimum atomic E-state index is -0.764. The number of hydrogen-bond acceptors (Lipinski definition) is 3. The summed E-state index contributed by atoms with van der Waals surface area (Å²) in [5, 5.41) is 15.2. The van der Waals surface area contributed by atoms with Crippen LogP contribution in [-0.2, 0) is 9.59 Å². The van der Waals surface area contributed by atoms with E-state index in [-0.39, 0.29) is 17.7 Å². The molecule has 112 valence electrons. The zero-order chi connectivity index (χ0) is 14.6. The quantitative estimate of drug-likeness (QED) is 0.666. The van der Waals surface area contributed by atoms with Crippen molar-refractivity contribution in [3.8, 4) is 0 Å². The molecule has 0 aromatic carbocycles. The molecule has 0 aromatic heterocycles. The number of hydrogen-bond donors (Lipinski definition) is 3. The molecule has 0 spiro atoms. The van der Waals surface area contributed by atoms with Crippen LogP contribution in [0.5, 0.6) is 0 Å². The number of carboxylic acid groups (broad SMARTS) is 1. The Morgan fingerprint density at radius 3 is 2.40 bits per heavy atom. The van der Waals surface area contributed by atoms with Crippen LogP contribution in [0.3, 0.4) is 0 Å². The first-order chi connectivity index (χ1) is 9.52. The van der Waals surface area contributed by atoms with E-state index in [2.05, 4.69) is 10.6 Å². The van der Waals surface area contributed by atoms with Crippen LogP contribution in [0.25, 0.3) is 0 Å². The first-order valence-corrected chi connectivity index (χ1v) is 7.42. The van der Waals surface area contributed by atoms with Crippen LogP contribution in [-0.4, -0.2) is 36.6 Å². The third-order valence-corrected chi connectivity index (χ3v) is 4.61. The molecule has 5 nitrogen and oxygen atoms in total. The van der Waals surface area contributed by atoms with Gasteiger partial charge in [-0.2, -0.15) is 0 Å². The van der Waals surface area contributed by atoms with Gasteiger partial charge in [-0.3, -0.25) is 9.59 Å². The van der Waals surface area contributed by atoms with E-state index in [0.717, 1.165) is 49.9 Å². The van der Waals surface area contributed by atoms with Crippen LogP contribution in [0.2, 0.25) is 0 Å². The molecular weight excluding hydrogens is 256 g/mol. The third kappa shape index (κ3) is 3.60. The van der Waals surface area contributed by atoms with Crippen LogP contribution in [0, 0.1) is 5.41 Å². The zero-order valence-electron chi connectivity index (χ0n) is 12.1. The molecule has 5 heteroatoms. The highest BCUT2D eigenvalue weighted by atomic mass is 16.4. The molecule has 20 heavy (non-hydrogen) atoms. The van der Waals surface area contributed by atoms with Crippen molar-refractivity contribution in [1.29, 1.82) is 0 Å². The normalized spacial score (nSPS) is 20.9. The molecular formula is C15H24N2O3. The van der Waals surface area contributed by atoms with Crippen LogP contribution in [0.15, 0.2) is 11.1 Å². The van der Waals surface area contributed by atoms with E-state index < -0.39 is 5.97 Å². The maximum Gasteiger partial charge on any atom is 0.303 e. The van der Waals surface area contributed by atoms with E-state index in [4.69, 9.17) is 5.11 Å². The number of carboxylic acids is 1. The smallest absolute Gasteiger partial charge is 0.303 e. The summed E-state index contributed by atoms with van der Waals surface area (Å²) in [6.07, 6.45) is 5.25. The highest BCUT2D eigenvalue weighted by Crippen LogP contribution is 2.38. The van der Waals surface area contributed by atoms with Gasteiger partial charge in [-0.1, -0.05) is 19.3 Å². The predicted octanol–water partition coefficient (Wildman–Crippen LogP) is 1.45. The first-order valence-electron chi connectivity index (χ1n) is 7.42. The lowest BCUT2D eigenvalue weighted by Crippen LogP contribution is -2.42. The summed E-state index contributed by atoms with van der Waals surface area (Å²) in [6.45, 7) is 3.91. The van der Waals surface area contributed by atoms with E-state index in [1.54, 1.807) is 0 Å². The Morgan fingerprint density at radius 1 is 1.25 bits per heavy atom. The van der Waals surface area contributed by atoms with E-state index >= 15 is 0 Å². The highest BCUT2D eigenvalue weighted by Gasteiger charge is 2.34. The number of rotatable bonds is 5. The van der Waals surface area contributed by atoms with Crippen molar-refractivity contribution in [2.24, 2.45) is 5.41 Å². The fraction of sp³-hybridized carbons (Fsp3) is 0.733. The van der Waals surface area contributed by atoms with Crippen molar-refractivity contribution in [3.05, 3.63) is 11.1 Å². The number of aliphatic carboxylic acids is 1. The van der Waals surface area contributed by atoms with Crippen LogP contribution < -0.4 is 10.6 Å². The standard InChI is InChI=1S/C15H24N2O3/c1-11(12-8-16-9-12)14(20)17-10-15(7-13(18)19)5-3-2-4-6-15/h16H,2-10H2,1H3,(H,17,20)(H,18,19). The fourth-order valence-electron chi connectivity index (χ4n) is 3.11. The van der Waals surface area contributed by atoms with Gasteiger partial charge in [-0.25, -0.2) is 0 Å². The topological polar surface area (TPSA) is 78.4 Å². The summed E-state index contributed by atoms with van der Waals surface area (Å²) in [4.78, 5) is 23.2. The summed E-state index contributed by atoms with van der Waals surface area (Å²) >= 11 is 0. The van der Waals surface area contributed by atoms with Gasteiger partial charge >= 0.3 is 5.97 Å². The van der Waals surface area contributed by atoms with Gasteiger partial charge in [0, 0.05) is 25.2 Å². The van der Waals surface area contributed by atoms with E-state index in [9.17, 15) is 9.59 Å². The second-order valence-electron chi connectivity index (χ2n) is 6.15. The Bertz CT molecular complexity index is 417. The van der Waals surface area contributed by atoms with Crippen LogP contribution in [0.4, 0.5) is 0 Å². The Balaban J connectivity index is 1.94. The molecule has 1 saturated heterocycles. The third-order valence-electron chi connectivity index (χ3n) is 4.61. The number of carbonyl (C=O) groups is 2. The van der Waals surface area contributed by atoms with Gasteiger partial charge in [0.25, 0.3) is 0 Å². The molecule has 2 fully saturated rings. The van der Waals surface area contributed by atoms with Crippen molar-refractivity contribution in [2.45, 2.75) is 45.4 Å². The van der Waals surface area contributed by atoms with Gasteiger partial charge in [0.1, 0.15) is 0 Å². The molecule has 0 aromatic rings. The van der Waals surface area contributed by atoms with Crippen LogP contribution in [0.1, 0.15) is 45.4 Å². The molecule has 0 radical (unpaired) electrons. The molecule has 1 heterocycles. The van der Waals surface area contributed by atoms with E-state index in [1.807, 2.05) is 6.92 Å². The lowest BCUT2D eigenvalue weighted by atomic mass is 9.71. The molecule has 1 amide bonds. The second kappa shape index (κ2) is 6.39. The lowest BCUT2D eigenvalue weighted by Gasteiger charge is -2.36.